The summed E-state index contributed by atoms with van der Waals surface area (Å²) in [5, 5.41) is 2.26. The topological polar surface area (TPSA) is 62.3 Å². The van der Waals surface area contributed by atoms with Gasteiger partial charge in [0.1, 0.15) is 5.82 Å². The van der Waals surface area contributed by atoms with Crippen LogP contribution >= 0.6 is 0 Å². The van der Waals surface area contributed by atoms with E-state index in [0.717, 1.165) is 5.69 Å². The van der Waals surface area contributed by atoms with Crippen LogP contribution in [0.4, 0.5) is 10.6 Å². The van der Waals surface area contributed by atoms with Crippen molar-refractivity contribution < 1.29 is 9.59 Å². The number of nitrogens with one attached hydrogen (secondary N) is 1. The summed E-state index contributed by atoms with van der Waals surface area (Å²) >= 11 is 0. The van der Waals surface area contributed by atoms with Crippen LogP contribution in [-0.4, -0.2) is 23.5 Å². The molecule has 15 heavy (non-hydrogen) atoms. The predicted molar refractivity (Wildman–Crippen MR) is 54.5 cm³/mol. The van der Waals surface area contributed by atoms with Gasteiger partial charge in [-0.1, -0.05) is 6.07 Å². The molecule has 1 aromatic heterocycles. The minimum atomic E-state index is -0.399. The molecule has 2 rings (SSSR count). The lowest BCUT2D eigenvalue weighted by Crippen LogP contribution is -2.49. The molecule has 1 saturated heterocycles. The van der Waals surface area contributed by atoms with Crippen molar-refractivity contribution in [2.75, 3.05) is 11.4 Å². The average Bonchev–Trinajstić information content (AvgIpc) is 2.17. The number of urea groups is 1. The van der Waals surface area contributed by atoms with Gasteiger partial charge in [-0.25, -0.2) is 9.78 Å². The lowest BCUT2D eigenvalue weighted by Gasteiger charge is -2.25. The monoisotopic (exact) mass is 205 g/mol. The van der Waals surface area contributed by atoms with Crippen LogP contribution in [-0.2, 0) is 4.79 Å². The number of pyridine rings is 1. The van der Waals surface area contributed by atoms with Crippen LogP contribution in [0.1, 0.15) is 12.1 Å². The van der Waals surface area contributed by atoms with Crippen LogP contribution in [0.5, 0.6) is 0 Å². The van der Waals surface area contributed by atoms with Crippen molar-refractivity contribution >= 4 is 17.8 Å². The third kappa shape index (κ3) is 1.96. The molecule has 78 valence electrons. The standard InChI is InChI=1S/C10H11N3O2/c1-7-3-2-4-8(11-7)13-6-5-9(14)12-10(13)15/h2-4H,5-6H2,1H3,(H,12,14,15). The summed E-state index contributed by atoms with van der Waals surface area (Å²) in [6, 6.07) is 5.05. The summed E-state index contributed by atoms with van der Waals surface area (Å²) in [6.07, 6.45) is 0.321. The van der Waals surface area contributed by atoms with E-state index >= 15 is 0 Å². The quantitative estimate of drug-likeness (QED) is 0.738. The molecule has 1 N–H and O–H groups in total. The van der Waals surface area contributed by atoms with Crippen molar-refractivity contribution in [3.63, 3.8) is 0 Å². The van der Waals surface area contributed by atoms with Gasteiger partial charge >= 0.3 is 6.03 Å². The minimum Gasteiger partial charge on any atom is -0.278 e. The SMILES string of the molecule is Cc1cccc(N2CCC(=O)NC2=O)n1. The summed E-state index contributed by atoms with van der Waals surface area (Å²) in [5.41, 5.74) is 0.845. The summed E-state index contributed by atoms with van der Waals surface area (Å²) in [5.74, 6) is 0.351. The molecule has 1 aliphatic heterocycles. The number of aromatic nitrogens is 1. The number of anilines is 1. The van der Waals surface area contributed by atoms with Crippen molar-refractivity contribution in [2.24, 2.45) is 0 Å². The second kappa shape index (κ2) is 3.68. The lowest BCUT2D eigenvalue weighted by molar-refractivity contribution is -0.120. The predicted octanol–water partition coefficient (Wildman–Crippen LogP) is 0.836. The van der Waals surface area contributed by atoms with E-state index in [4.69, 9.17) is 0 Å². The highest BCUT2D eigenvalue weighted by molar-refractivity contribution is 6.05. The summed E-state index contributed by atoms with van der Waals surface area (Å²) in [7, 11) is 0. The Kier molecular flexibility index (Phi) is 2.37. The molecule has 0 saturated carbocycles. The first-order valence-corrected chi connectivity index (χ1v) is 4.72. The number of hydrogen-bond donors (Lipinski definition) is 1. The first-order chi connectivity index (χ1) is 7.16. The molecule has 5 nitrogen and oxygen atoms in total. The maximum Gasteiger partial charge on any atom is 0.329 e. The van der Waals surface area contributed by atoms with Gasteiger partial charge in [-0.05, 0) is 19.1 Å². The Morgan fingerprint density at radius 3 is 2.87 bits per heavy atom. The smallest absolute Gasteiger partial charge is 0.278 e. The molecule has 0 aliphatic carbocycles. The van der Waals surface area contributed by atoms with Crippen molar-refractivity contribution in [2.45, 2.75) is 13.3 Å². The van der Waals surface area contributed by atoms with E-state index < -0.39 is 6.03 Å². The third-order valence-corrected chi connectivity index (χ3v) is 2.20. The molecule has 5 heteroatoms. The van der Waals surface area contributed by atoms with Gasteiger partial charge in [0, 0.05) is 18.7 Å². The number of aryl methyl sites for hydroxylation is 1. The molecule has 0 aromatic carbocycles. The van der Waals surface area contributed by atoms with Gasteiger partial charge in [0.05, 0.1) is 0 Å². The molecule has 0 unspecified atom stereocenters. The fraction of sp³-hybridized carbons (Fsp3) is 0.300. The largest absolute Gasteiger partial charge is 0.329 e. The molecule has 0 spiro atoms. The van der Waals surface area contributed by atoms with Gasteiger partial charge < -0.3 is 0 Å². The number of carbonyl (C=O) groups excluding carboxylic acids is 2. The van der Waals surface area contributed by atoms with Crippen molar-refractivity contribution in [3.05, 3.63) is 23.9 Å². The Labute approximate surface area is 87.1 Å². The number of imide groups is 1. The van der Waals surface area contributed by atoms with Gasteiger partial charge in [-0.15, -0.1) is 0 Å². The van der Waals surface area contributed by atoms with Gasteiger partial charge in [-0.2, -0.15) is 0 Å². The van der Waals surface area contributed by atoms with E-state index in [0.29, 0.717) is 18.8 Å². The highest BCUT2D eigenvalue weighted by Crippen LogP contribution is 2.14. The molecule has 1 aliphatic rings. The fourth-order valence-electron chi connectivity index (χ4n) is 1.46. The van der Waals surface area contributed by atoms with Crippen LogP contribution in [0.15, 0.2) is 18.2 Å². The van der Waals surface area contributed by atoms with Gasteiger partial charge in [0.25, 0.3) is 0 Å². The van der Waals surface area contributed by atoms with E-state index in [9.17, 15) is 9.59 Å². The van der Waals surface area contributed by atoms with Crippen LogP contribution in [0.3, 0.4) is 0 Å². The van der Waals surface area contributed by atoms with Crippen molar-refractivity contribution in [1.29, 1.82) is 0 Å². The number of hydrogen-bond acceptors (Lipinski definition) is 3. The first-order valence-electron chi connectivity index (χ1n) is 4.72. The Morgan fingerprint density at radius 2 is 2.20 bits per heavy atom. The molecule has 1 fully saturated rings. The normalized spacial score (nSPS) is 16.5. The molecule has 0 radical (unpaired) electrons. The minimum absolute atomic E-state index is 0.232. The molecular formula is C10H11N3O2. The second-order valence-electron chi connectivity index (χ2n) is 3.39. The zero-order valence-corrected chi connectivity index (χ0v) is 8.36. The molecule has 1 aromatic rings. The van der Waals surface area contributed by atoms with E-state index in [-0.39, 0.29) is 5.91 Å². The van der Waals surface area contributed by atoms with E-state index in [2.05, 4.69) is 10.3 Å². The van der Waals surface area contributed by atoms with Crippen LogP contribution < -0.4 is 10.2 Å². The van der Waals surface area contributed by atoms with Crippen LogP contribution in [0.25, 0.3) is 0 Å². The summed E-state index contributed by atoms with van der Waals surface area (Å²) in [6.45, 7) is 2.25. The van der Waals surface area contributed by atoms with E-state index in [1.807, 2.05) is 19.1 Å². The maximum atomic E-state index is 11.5. The summed E-state index contributed by atoms with van der Waals surface area (Å²) in [4.78, 5) is 28.1. The second-order valence-corrected chi connectivity index (χ2v) is 3.39. The van der Waals surface area contributed by atoms with E-state index in [1.54, 1.807) is 6.07 Å². The Balaban J connectivity index is 2.24. The van der Waals surface area contributed by atoms with Gasteiger partial charge in [0.15, 0.2) is 0 Å². The Hall–Kier alpha value is -1.91. The first kappa shape index (κ1) is 9.64. The van der Waals surface area contributed by atoms with E-state index in [1.165, 1.54) is 4.90 Å². The molecular weight excluding hydrogens is 194 g/mol. The fourth-order valence-corrected chi connectivity index (χ4v) is 1.46. The Morgan fingerprint density at radius 1 is 1.40 bits per heavy atom. The maximum absolute atomic E-state index is 11.5. The number of carbonyl (C=O) groups is 2. The molecule has 3 amide bonds. The van der Waals surface area contributed by atoms with Gasteiger partial charge in [-0.3, -0.25) is 15.0 Å². The lowest BCUT2D eigenvalue weighted by atomic mass is 10.3. The zero-order chi connectivity index (χ0) is 10.8. The average molecular weight is 205 g/mol. The number of nitrogens with zero attached hydrogens (tertiary/aromatic N) is 2. The van der Waals surface area contributed by atoms with Gasteiger partial charge in [0.2, 0.25) is 5.91 Å². The highest BCUT2D eigenvalue weighted by Gasteiger charge is 2.24. The molecule has 0 atom stereocenters. The molecule has 2 heterocycles. The van der Waals surface area contributed by atoms with Crippen LogP contribution in [0, 0.1) is 6.92 Å². The Bertz CT molecular complexity index is 417. The molecule has 0 bridgehead atoms. The number of amides is 3. The summed E-state index contributed by atoms with van der Waals surface area (Å²) < 4.78 is 0. The number of rotatable bonds is 1. The van der Waals surface area contributed by atoms with Crippen LogP contribution in [0.2, 0.25) is 0 Å². The van der Waals surface area contributed by atoms with Crippen molar-refractivity contribution in [1.82, 2.24) is 10.3 Å². The zero-order valence-electron chi connectivity index (χ0n) is 8.36. The third-order valence-electron chi connectivity index (χ3n) is 2.20. The van der Waals surface area contributed by atoms with Crippen molar-refractivity contribution in [3.8, 4) is 0 Å². The highest BCUT2D eigenvalue weighted by atomic mass is 16.2.